The molecule has 1 aliphatic rings. The normalized spacial score (nSPS) is 14.0. The molecule has 68 heavy (non-hydrogen) atoms. The van der Waals surface area contributed by atoms with Crippen molar-refractivity contribution in [1.82, 2.24) is 9.13 Å². The number of rotatable bonds is 7. The van der Waals surface area contributed by atoms with Gasteiger partial charge < -0.3 is 18.5 Å². The van der Waals surface area contributed by atoms with E-state index in [0.29, 0.717) is 0 Å². The Kier molecular flexibility index (Phi) is 8.68. The number of nitrogens with zero attached hydrogens (tertiary/aromatic N) is 3. The molecule has 0 spiro atoms. The Morgan fingerprint density at radius 3 is 1.71 bits per heavy atom. The van der Waals surface area contributed by atoms with Gasteiger partial charge in [-0.3, -0.25) is 0 Å². The largest absolute Gasteiger partial charge is 0.455 e. The van der Waals surface area contributed by atoms with Crippen LogP contribution in [0.5, 0.6) is 0 Å². The minimum absolute atomic E-state index is 0.211. The van der Waals surface area contributed by atoms with E-state index in [2.05, 4.69) is 257 Å². The summed E-state index contributed by atoms with van der Waals surface area (Å²) < 4.78 is 11.5. The molecule has 0 aliphatic heterocycles. The van der Waals surface area contributed by atoms with Gasteiger partial charge >= 0.3 is 0 Å². The monoisotopic (exact) mass is 869 g/mol. The van der Waals surface area contributed by atoms with Gasteiger partial charge in [0.05, 0.1) is 39.1 Å². The van der Waals surface area contributed by atoms with Crippen molar-refractivity contribution >= 4 is 99.1 Å². The number of allylic oxidation sites excluding steroid dienone is 4. The lowest BCUT2D eigenvalue weighted by Gasteiger charge is -2.30. The fraction of sp³-hybridized carbons (Fsp3) is 0.0312. The molecule has 10 aromatic carbocycles. The summed E-state index contributed by atoms with van der Waals surface area (Å²) in [7, 11) is 0. The van der Waals surface area contributed by atoms with Crippen LogP contribution < -0.4 is 4.90 Å². The van der Waals surface area contributed by atoms with Gasteiger partial charge in [-0.15, -0.1) is 0 Å². The van der Waals surface area contributed by atoms with E-state index in [4.69, 9.17) is 4.42 Å². The number of benzene rings is 10. The molecule has 4 nitrogen and oxygen atoms in total. The van der Waals surface area contributed by atoms with E-state index in [0.717, 1.165) is 67.6 Å². The predicted octanol–water partition coefficient (Wildman–Crippen LogP) is 17.7. The van der Waals surface area contributed by atoms with Crippen LogP contribution in [-0.4, -0.2) is 9.13 Å². The summed E-state index contributed by atoms with van der Waals surface area (Å²) in [6.07, 6.45) is 7.78. The topological polar surface area (TPSA) is 26.2 Å². The van der Waals surface area contributed by atoms with Gasteiger partial charge in [0.1, 0.15) is 11.2 Å². The third-order valence-corrected chi connectivity index (χ3v) is 14.3. The second-order valence-electron chi connectivity index (χ2n) is 18.0. The predicted molar refractivity (Wildman–Crippen MR) is 286 cm³/mol. The molecular weight excluding hydrogens is 827 g/mol. The van der Waals surface area contributed by atoms with Crippen LogP contribution in [-0.2, 0) is 0 Å². The zero-order valence-corrected chi connectivity index (χ0v) is 37.1. The van der Waals surface area contributed by atoms with Crippen molar-refractivity contribution in [3.05, 3.63) is 248 Å². The smallest absolute Gasteiger partial charge is 0.143 e. The highest BCUT2D eigenvalue weighted by Gasteiger charge is 2.25. The van der Waals surface area contributed by atoms with Gasteiger partial charge in [-0.25, -0.2) is 0 Å². The minimum atomic E-state index is 0.211. The van der Waals surface area contributed by atoms with Crippen LogP contribution in [0.25, 0.3) is 98.8 Å². The van der Waals surface area contributed by atoms with Crippen molar-refractivity contribution in [3.63, 3.8) is 0 Å². The Hall–Kier alpha value is -8.86. The molecule has 4 heteroatoms. The Bertz CT molecular complexity index is 4090. The van der Waals surface area contributed by atoms with Gasteiger partial charge in [-0.1, -0.05) is 164 Å². The second-order valence-corrected chi connectivity index (χ2v) is 18.0. The van der Waals surface area contributed by atoms with Crippen LogP contribution >= 0.6 is 0 Å². The summed E-state index contributed by atoms with van der Waals surface area (Å²) in [5.74, 6) is 0.211. The molecule has 320 valence electrons. The lowest BCUT2D eigenvalue weighted by molar-refractivity contribution is 0.672. The minimum Gasteiger partial charge on any atom is -0.455 e. The van der Waals surface area contributed by atoms with Crippen LogP contribution in [0.1, 0.15) is 17.9 Å². The summed E-state index contributed by atoms with van der Waals surface area (Å²) >= 11 is 0. The number of fused-ring (bicyclic) bond motifs is 11. The highest BCUT2D eigenvalue weighted by atomic mass is 16.3. The standard InChI is InChI=1S/C64H43N3O/c1-2-20-49-43(16-1)34-38-54-55-41-45(35-39-63(55)68-64(49)54)48-19-3-8-25-56(48)65(61-30-13-14-31-62(61)67-59-28-11-6-23-52(59)53-24-7-12-29-60(53)67)46-36-32-42(33-37-46)44-17-15-18-47(40-44)66-57-26-9-4-21-50(57)51-22-5-10-27-58(51)66/h1-39,41,44H,40H2. The first-order valence-corrected chi connectivity index (χ1v) is 23.5. The average molecular weight is 870 g/mol. The van der Waals surface area contributed by atoms with Crippen molar-refractivity contribution in [1.29, 1.82) is 0 Å². The molecule has 0 saturated carbocycles. The molecule has 3 heterocycles. The zero-order valence-electron chi connectivity index (χ0n) is 37.1. The molecule has 1 aliphatic carbocycles. The molecule has 14 rings (SSSR count). The van der Waals surface area contributed by atoms with Gasteiger partial charge in [0.15, 0.2) is 0 Å². The number of aromatic nitrogens is 2. The lowest BCUT2D eigenvalue weighted by atomic mass is 9.90. The van der Waals surface area contributed by atoms with E-state index >= 15 is 0 Å². The van der Waals surface area contributed by atoms with Crippen molar-refractivity contribution in [2.75, 3.05) is 4.90 Å². The maximum atomic E-state index is 6.60. The van der Waals surface area contributed by atoms with E-state index in [9.17, 15) is 0 Å². The van der Waals surface area contributed by atoms with E-state index in [1.165, 1.54) is 60.3 Å². The number of anilines is 3. The molecule has 0 fully saturated rings. The lowest BCUT2D eigenvalue weighted by Crippen LogP contribution is -2.14. The van der Waals surface area contributed by atoms with Gasteiger partial charge in [-0.2, -0.15) is 0 Å². The highest BCUT2D eigenvalue weighted by molar-refractivity contribution is 6.16. The maximum absolute atomic E-state index is 6.60. The molecule has 0 saturated heterocycles. The molecule has 0 N–H and O–H groups in total. The first-order valence-electron chi connectivity index (χ1n) is 23.5. The first-order chi connectivity index (χ1) is 33.7. The van der Waals surface area contributed by atoms with Crippen LogP contribution in [0.15, 0.2) is 247 Å². The molecule has 3 aromatic heterocycles. The Balaban J connectivity index is 0.924. The van der Waals surface area contributed by atoms with Crippen molar-refractivity contribution in [3.8, 4) is 16.8 Å². The van der Waals surface area contributed by atoms with Crippen LogP contribution in [0.2, 0.25) is 0 Å². The highest BCUT2D eigenvalue weighted by Crippen LogP contribution is 2.47. The Morgan fingerprint density at radius 1 is 0.441 bits per heavy atom. The molecule has 0 radical (unpaired) electrons. The van der Waals surface area contributed by atoms with E-state index in [1.54, 1.807) is 0 Å². The van der Waals surface area contributed by atoms with E-state index in [-0.39, 0.29) is 5.92 Å². The van der Waals surface area contributed by atoms with Gasteiger partial charge in [-0.05, 0) is 102 Å². The quantitative estimate of drug-likeness (QED) is 0.159. The molecule has 0 amide bonds. The van der Waals surface area contributed by atoms with Crippen LogP contribution in [0, 0.1) is 0 Å². The number of furan rings is 1. The molecule has 1 atom stereocenters. The van der Waals surface area contributed by atoms with E-state index in [1.807, 2.05) is 0 Å². The summed E-state index contributed by atoms with van der Waals surface area (Å²) in [5, 5.41) is 9.56. The van der Waals surface area contributed by atoms with Crippen LogP contribution in [0.4, 0.5) is 17.1 Å². The SMILES string of the molecule is C1=CC(c2ccc(N(c3ccccc3-c3ccc4oc5c6ccccc6ccc5c4c3)c3ccccc3-n3c4ccccc4c4ccccc43)cc2)CC(n2c3ccccc3c3ccccc32)=C1. The average Bonchev–Trinajstić information content (AvgIpc) is 4.07. The second kappa shape index (κ2) is 15.4. The van der Waals surface area contributed by atoms with Gasteiger partial charge in [0.25, 0.3) is 0 Å². The molecule has 13 aromatic rings. The summed E-state index contributed by atoms with van der Waals surface area (Å²) in [5.41, 5.74) is 15.8. The van der Waals surface area contributed by atoms with Crippen LogP contribution in [0.3, 0.4) is 0 Å². The first kappa shape index (κ1) is 38.4. The number of hydrogen-bond donors (Lipinski definition) is 0. The summed E-state index contributed by atoms with van der Waals surface area (Å²) in [4.78, 5) is 2.46. The van der Waals surface area contributed by atoms with Crippen molar-refractivity contribution < 1.29 is 4.42 Å². The third kappa shape index (κ3) is 5.94. The Morgan fingerprint density at radius 2 is 1.01 bits per heavy atom. The molecule has 0 bridgehead atoms. The maximum Gasteiger partial charge on any atom is 0.143 e. The number of para-hydroxylation sites is 7. The fourth-order valence-corrected chi connectivity index (χ4v) is 11.2. The van der Waals surface area contributed by atoms with E-state index < -0.39 is 0 Å². The zero-order chi connectivity index (χ0) is 44.7. The molecule has 1 unspecified atom stereocenters. The Labute approximate surface area is 393 Å². The van der Waals surface area contributed by atoms with Gasteiger partial charge in [0.2, 0.25) is 0 Å². The number of hydrogen-bond acceptors (Lipinski definition) is 2. The molecular formula is C64H43N3O. The fourth-order valence-electron chi connectivity index (χ4n) is 11.2. The summed E-state index contributed by atoms with van der Waals surface area (Å²) in [6.45, 7) is 0. The van der Waals surface area contributed by atoms with Crippen molar-refractivity contribution in [2.24, 2.45) is 0 Å². The van der Waals surface area contributed by atoms with Crippen molar-refractivity contribution in [2.45, 2.75) is 12.3 Å². The third-order valence-electron chi connectivity index (χ3n) is 14.3. The van der Waals surface area contributed by atoms with Gasteiger partial charge in [0, 0.05) is 60.6 Å². The summed E-state index contributed by atoms with van der Waals surface area (Å²) in [6, 6.07) is 81.7.